The van der Waals surface area contributed by atoms with Gasteiger partial charge >= 0.3 is 0 Å². The van der Waals surface area contributed by atoms with Crippen molar-refractivity contribution in [3.63, 3.8) is 0 Å². The van der Waals surface area contributed by atoms with Crippen LogP contribution >= 0.6 is 0 Å². The van der Waals surface area contributed by atoms with Crippen molar-refractivity contribution >= 4 is 11.6 Å². The predicted molar refractivity (Wildman–Crippen MR) is 108 cm³/mol. The highest BCUT2D eigenvalue weighted by Crippen LogP contribution is 2.24. The van der Waals surface area contributed by atoms with Gasteiger partial charge in [-0.2, -0.15) is 0 Å². The van der Waals surface area contributed by atoms with Crippen LogP contribution in [-0.2, 0) is 16.8 Å². The van der Waals surface area contributed by atoms with Crippen molar-refractivity contribution in [1.82, 2.24) is 5.32 Å². The first-order valence-corrected chi connectivity index (χ1v) is 8.98. The third kappa shape index (κ3) is 5.51. The molecule has 0 heterocycles. The summed E-state index contributed by atoms with van der Waals surface area (Å²) in [6.45, 7) is 8.77. The molecule has 0 aliphatic heterocycles. The Balaban J connectivity index is 1.87. The maximum absolute atomic E-state index is 12.3. The third-order valence-corrected chi connectivity index (χ3v) is 4.32. The maximum Gasteiger partial charge on any atom is 0.261 e. The highest BCUT2D eigenvalue weighted by Gasteiger charge is 2.16. The topological polar surface area (TPSA) is 41.6 Å². The molecule has 4 heteroatoms. The quantitative estimate of drug-likeness (QED) is 0.848. The summed E-state index contributed by atoms with van der Waals surface area (Å²) in [5.41, 5.74) is 3.54. The minimum atomic E-state index is -0.545. The number of amides is 1. The number of ether oxygens (including phenoxy) is 1. The second-order valence-corrected chi connectivity index (χ2v) is 7.81. The van der Waals surface area contributed by atoms with Crippen LogP contribution in [0.4, 0.5) is 5.69 Å². The molecule has 0 spiro atoms. The van der Waals surface area contributed by atoms with E-state index in [0.29, 0.717) is 12.3 Å². The van der Waals surface area contributed by atoms with Crippen LogP contribution < -0.4 is 15.0 Å². The van der Waals surface area contributed by atoms with E-state index in [0.717, 1.165) is 11.3 Å². The van der Waals surface area contributed by atoms with Gasteiger partial charge in [0, 0.05) is 26.3 Å². The Morgan fingerprint density at radius 2 is 1.62 bits per heavy atom. The molecule has 140 valence electrons. The Hall–Kier alpha value is -2.49. The van der Waals surface area contributed by atoms with E-state index in [2.05, 4.69) is 26.1 Å². The van der Waals surface area contributed by atoms with Gasteiger partial charge in [-0.3, -0.25) is 4.79 Å². The van der Waals surface area contributed by atoms with Gasteiger partial charge in [0.25, 0.3) is 5.91 Å². The van der Waals surface area contributed by atoms with Gasteiger partial charge in [0.2, 0.25) is 0 Å². The molecule has 0 saturated heterocycles. The second-order valence-electron chi connectivity index (χ2n) is 7.81. The Morgan fingerprint density at radius 3 is 2.12 bits per heavy atom. The molecule has 2 aromatic rings. The largest absolute Gasteiger partial charge is 0.481 e. The van der Waals surface area contributed by atoms with Gasteiger partial charge in [-0.1, -0.05) is 45.0 Å². The van der Waals surface area contributed by atoms with Gasteiger partial charge in [-0.15, -0.1) is 0 Å². The first kappa shape index (κ1) is 19.8. The fraction of sp³-hybridized carbons (Fsp3) is 0.409. The van der Waals surface area contributed by atoms with E-state index in [-0.39, 0.29) is 11.3 Å². The van der Waals surface area contributed by atoms with E-state index < -0.39 is 6.10 Å². The SMILES string of the molecule is CC(Oc1ccc(C(C)(C)C)cc1)C(=O)NCc1ccc(N(C)C)cc1. The van der Waals surface area contributed by atoms with Gasteiger partial charge < -0.3 is 15.0 Å². The molecule has 0 aromatic heterocycles. The third-order valence-electron chi connectivity index (χ3n) is 4.32. The summed E-state index contributed by atoms with van der Waals surface area (Å²) in [6, 6.07) is 16.1. The van der Waals surface area contributed by atoms with Gasteiger partial charge in [-0.05, 0) is 47.7 Å². The van der Waals surface area contributed by atoms with Crippen LogP contribution in [0.15, 0.2) is 48.5 Å². The lowest BCUT2D eigenvalue weighted by molar-refractivity contribution is -0.127. The van der Waals surface area contributed by atoms with E-state index in [9.17, 15) is 4.79 Å². The van der Waals surface area contributed by atoms with E-state index in [1.807, 2.05) is 67.5 Å². The molecule has 4 nitrogen and oxygen atoms in total. The molecule has 1 N–H and O–H groups in total. The van der Waals surface area contributed by atoms with Crippen molar-refractivity contribution < 1.29 is 9.53 Å². The van der Waals surface area contributed by atoms with Gasteiger partial charge in [0.05, 0.1) is 0 Å². The molecular formula is C22H30N2O2. The van der Waals surface area contributed by atoms with E-state index >= 15 is 0 Å². The second kappa shape index (κ2) is 8.26. The summed E-state index contributed by atoms with van der Waals surface area (Å²) < 4.78 is 5.76. The highest BCUT2D eigenvalue weighted by molar-refractivity contribution is 5.80. The molecule has 26 heavy (non-hydrogen) atoms. The van der Waals surface area contributed by atoms with Crippen molar-refractivity contribution in [2.75, 3.05) is 19.0 Å². The number of benzene rings is 2. The van der Waals surface area contributed by atoms with Crippen molar-refractivity contribution in [2.24, 2.45) is 0 Å². The molecule has 2 aromatic carbocycles. The minimum absolute atomic E-state index is 0.101. The summed E-state index contributed by atoms with van der Waals surface area (Å²) in [7, 11) is 4.01. The first-order chi connectivity index (χ1) is 12.2. The van der Waals surface area contributed by atoms with Crippen molar-refractivity contribution in [3.05, 3.63) is 59.7 Å². The number of nitrogens with one attached hydrogen (secondary N) is 1. The van der Waals surface area contributed by atoms with Crippen LogP contribution in [0.25, 0.3) is 0 Å². The van der Waals surface area contributed by atoms with E-state index in [1.165, 1.54) is 5.56 Å². The van der Waals surface area contributed by atoms with Crippen molar-refractivity contribution in [2.45, 2.75) is 45.8 Å². The number of carbonyl (C=O) groups is 1. The van der Waals surface area contributed by atoms with Crippen molar-refractivity contribution in [3.8, 4) is 5.75 Å². The van der Waals surface area contributed by atoms with Crippen LogP contribution in [0.2, 0.25) is 0 Å². The molecule has 1 amide bonds. The van der Waals surface area contributed by atoms with Crippen LogP contribution in [0.5, 0.6) is 5.75 Å². The highest BCUT2D eigenvalue weighted by atomic mass is 16.5. The molecule has 0 aliphatic carbocycles. The van der Waals surface area contributed by atoms with E-state index in [4.69, 9.17) is 4.74 Å². The zero-order valence-electron chi connectivity index (χ0n) is 16.7. The number of anilines is 1. The van der Waals surface area contributed by atoms with Crippen LogP contribution in [0.1, 0.15) is 38.8 Å². The lowest BCUT2D eigenvalue weighted by Crippen LogP contribution is -2.35. The molecule has 0 saturated carbocycles. The average Bonchev–Trinajstić information content (AvgIpc) is 2.59. The number of carbonyl (C=O) groups excluding carboxylic acids is 1. The fourth-order valence-electron chi connectivity index (χ4n) is 2.54. The molecular weight excluding hydrogens is 324 g/mol. The molecule has 1 unspecified atom stereocenters. The van der Waals surface area contributed by atoms with Crippen molar-refractivity contribution in [1.29, 1.82) is 0 Å². The first-order valence-electron chi connectivity index (χ1n) is 8.98. The monoisotopic (exact) mass is 354 g/mol. The predicted octanol–water partition coefficient (Wildman–Crippen LogP) is 4.13. The average molecular weight is 354 g/mol. The van der Waals surface area contributed by atoms with Crippen LogP contribution in [0.3, 0.4) is 0 Å². The Kier molecular flexibility index (Phi) is 6.30. The Bertz CT molecular complexity index is 713. The van der Waals surface area contributed by atoms with Gasteiger partial charge in [-0.25, -0.2) is 0 Å². The Labute approximate surface area is 157 Å². The number of hydrogen-bond donors (Lipinski definition) is 1. The Morgan fingerprint density at radius 1 is 1.04 bits per heavy atom. The molecule has 2 rings (SSSR count). The zero-order chi connectivity index (χ0) is 19.3. The van der Waals surface area contributed by atoms with Gasteiger partial charge in [0.15, 0.2) is 6.10 Å². The summed E-state index contributed by atoms with van der Waals surface area (Å²) in [5, 5.41) is 2.93. The summed E-state index contributed by atoms with van der Waals surface area (Å²) in [5.74, 6) is 0.581. The number of hydrogen-bond acceptors (Lipinski definition) is 3. The molecule has 1 atom stereocenters. The maximum atomic E-state index is 12.3. The number of rotatable bonds is 6. The van der Waals surface area contributed by atoms with Crippen LogP contribution in [-0.4, -0.2) is 26.1 Å². The number of nitrogens with zero attached hydrogens (tertiary/aromatic N) is 1. The van der Waals surface area contributed by atoms with Gasteiger partial charge in [0.1, 0.15) is 5.75 Å². The normalized spacial score (nSPS) is 12.4. The molecule has 0 bridgehead atoms. The molecule has 0 fully saturated rings. The standard InChI is InChI=1S/C22H30N2O2/c1-16(26-20-13-9-18(10-14-20)22(2,3)4)21(25)23-15-17-7-11-19(12-8-17)24(5)6/h7-14,16H,15H2,1-6H3,(H,23,25). The van der Waals surface area contributed by atoms with Crippen LogP contribution in [0, 0.1) is 0 Å². The summed E-state index contributed by atoms with van der Waals surface area (Å²) >= 11 is 0. The summed E-state index contributed by atoms with van der Waals surface area (Å²) in [6.07, 6.45) is -0.545. The lowest BCUT2D eigenvalue weighted by atomic mass is 9.87. The summed E-state index contributed by atoms with van der Waals surface area (Å²) in [4.78, 5) is 14.3. The fourth-order valence-corrected chi connectivity index (χ4v) is 2.54. The zero-order valence-corrected chi connectivity index (χ0v) is 16.7. The van der Waals surface area contributed by atoms with E-state index in [1.54, 1.807) is 6.92 Å². The lowest BCUT2D eigenvalue weighted by Gasteiger charge is -2.20. The smallest absolute Gasteiger partial charge is 0.261 e. The molecule has 0 aliphatic rings. The minimum Gasteiger partial charge on any atom is -0.481 e. The molecule has 0 radical (unpaired) electrons.